The Bertz CT molecular complexity index is 539. The van der Waals surface area contributed by atoms with Crippen molar-refractivity contribution >= 4 is 26.0 Å². The summed E-state index contributed by atoms with van der Waals surface area (Å²) in [5.41, 5.74) is 0. The molecule has 1 atom stereocenters. The average molecular weight is 358 g/mol. The largest absolute Gasteiger partial charge is 0.383 e. The predicted octanol–water partition coefficient (Wildman–Crippen LogP) is 2.00. The van der Waals surface area contributed by atoms with E-state index in [0.29, 0.717) is 12.7 Å². The molecule has 0 heterocycles. The summed E-state index contributed by atoms with van der Waals surface area (Å²) in [6, 6.07) is 2.49. The van der Waals surface area contributed by atoms with Gasteiger partial charge in [-0.1, -0.05) is 15.9 Å². The quantitative estimate of drug-likeness (QED) is 0.731. The van der Waals surface area contributed by atoms with Gasteiger partial charge in [0.05, 0.1) is 16.3 Å². The molecule has 0 aliphatic rings. The second-order valence-corrected chi connectivity index (χ2v) is 7.25. The standard InChI is InChI=1S/C11H14BrF2NO3S/c1-15(6-8(12)7-18-2)19(16,17)9-3-4-10(13)11(14)5-9/h3-5,8H,6-7H2,1-2H3. The third-order valence-corrected chi connectivity index (χ3v) is 4.78. The summed E-state index contributed by atoms with van der Waals surface area (Å²) in [5.74, 6) is -2.28. The lowest BCUT2D eigenvalue weighted by Crippen LogP contribution is -2.33. The Morgan fingerprint density at radius 1 is 1.37 bits per heavy atom. The number of methoxy groups -OCH3 is 1. The third kappa shape index (κ3) is 4.20. The molecule has 0 saturated heterocycles. The molecule has 1 unspecified atom stereocenters. The number of alkyl halides is 1. The minimum Gasteiger partial charge on any atom is -0.383 e. The third-order valence-electron chi connectivity index (χ3n) is 2.40. The Labute approximate surface area is 119 Å². The van der Waals surface area contributed by atoms with Crippen LogP contribution in [0.2, 0.25) is 0 Å². The van der Waals surface area contributed by atoms with Gasteiger partial charge in [-0.3, -0.25) is 0 Å². The fraction of sp³-hybridized carbons (Fsp3) is 0.455. The van der Waals surface area contributed by atoms with E-state index in [1.807, 2.05) is 0 Å². The highest BCUT2D eigenvalue weighted by molar-refractivity contribution is 9.09. The van der Waals surface area contributed by atoms with Gasteiger partial charge in [0.1, 0.15) is 0 Å². The van der Waals surface area contributed by atoms with Gasteiger partial charge in [-0.15, -0.1) is 0 Å². The first-order chi connectivity index (χ1) is 8.78. The normalized spacial score (nSPS) is 13.8. The van der Waals surface area contributed by atoms with Crippen molar-refractivity contribution in [3.63, 3.8) is 0 Å². The van der Waals surface area contributed by atoms with Crippen LogP contribution >= 0.6 is 15.9 Å². The van der Waals surface area contributed by atoms with Crippen LogP contribution < -0.4 is 0 Å². The Morgan fingerprint density at radius 2 is 2.00 bits per heavy atom. The van der Waals surface area contributed by atoms with Crippen LogP contribution in [-0.4, -0.2) is 44.9 Å². The highest BCUT2D eigenvalue weighted by Crippen LogP contribution is 2.18. The van der Waals surface area contributed by atoms with Crippen LogP contribution in [0.4, 0.5) is 8.78 Å². The first-order valence-corrected chi connectivity index (χ1v) is 7.69. The molecule has 0 bridgehead atoms. The van der Waals surface area contributed by atoms with Gasteiger partial charge in [-0.25, -0.2) is 17.2 Å². The minimum atomic E-state index is -3.85. The van der Waals surface area contributed by atoms with Gasteiger partial charge in [-0.05, 0) is 18.2 Å². The summed E-state index contributed by atoms with van der Waals surface area (Å²) in [6.07, 6.45) is 0. The van der Waals surface area contributed by atoms with E-state index < -0.39 is 21.7 Å². The van der Waals surface area contributed by atoms with E-state index in [-0.39, 0.29) is 16.3 Å². The summed E-state index contributed by atoms with van der Waals surface area (Å²) >= 11 is 3.26. The smallest absolute Gasteiger partial charge is 0.242 e. The summed E-state index contributed by atoms with van der Waals surface area (Å²) < 4.78 is 56.0. The molecule has 0 N–H and O–H groups in total. The minimum absolute atomic E-state index is 0.148. The average Bonchev–Trinajstić information content (AvgIpc) is 2.32. The van der Waals surface area contributed by atoms with Crippen molar-refractivity contribution in [1.82, 2.24) is 4.31 Å². The van der Waals surface area contributed by atoms with E-state index in [1.54, 1.807) is 0 Å². The second kappa shape index (κ2) is 6.74. The summed E-state index contributed by atoms with van der Waals surface area (Å²) in [4.78, 5) is -0.478. The Hall–Kier alpha value is -0.570. The lowest BCUT2D eigenvalue weighted by molar-refractivity contribution is 0.195. The lowest BCUT2D eigenvalue weighted by Gasteiger charge is -2.20. The Balaban J connectivity index is 2.93. The van der Waals surface area contributed by atoms with Gasteiger partial charge >= 0.3 is 0 Å². The predicted molar refractivity (Wildman–Crippen MR) is 70.8 cm³/mol. The lowest BCUT2D eigenvalue weighted by atomic mass is 10.3. The number of nitrogens with zero attached hydrogens (tertiary/aromatic N) is 1. The van der Waals surface area contributed by atoms with Gasteiger partial charge in [0.15, 0.2) is 11.6 Å². The van der Waals surface area contributed by atoms with E-state index in [4.69, 9.17) is 4.74 Å². The Morgan fingerprint density at radius 3 is 2.53 bits per heavy atom. The van der Waals surface area contributed by atoms with Crippen molar-refractivity contribution < 1.29 is 21.9 Å². The molecule has 0 radical (unpaired) electrons. The van der Waals surface area contributed by atoms with Gasteiger partial charge < -0.3 is 4.74 Å². The van der Waals surface area contributed by atoms with Crippen LogP contribution in [0.1, 0.15) is 0 Å². The van der Waals surface area contributed by atoms with E-state index in [2.05, 4.69) is 15.9 Å². The number of rotatable bonds is 6. The molecule has 8 heteroatoms. The van der Waals surface area contributed by atoms with Crippen molar-refractivity contribution in [1.29, 1.82) is 0 Å². The highest BCUT2D eigenvalue weighted by Gasteiger charge is 2.24. The van der Waals surface area contributed by atoms with E-state index in [1.165, 1.54) is 14.2 Å². The fourth-order valence-corrected chi connectivity index (χ4v) is 3.55. The van der Waals surface area contributed by atoms with Crippen molar-refractivity contribution in [2.45, 2.75) is 9.72 Å². The zero-order valence-corrected chi connectivity index (χ0v) is 12.8. The molecule has 0 fully saturated rings. The number of benzene rings is 1. The SMILES string of the molecule is COCC(Br)CN(C)S(=O)(=O)c1ccc(F)c(F)c1. The first kappa shape index (κ1) is 16.5. The molecular weight excluding hydrogens is 344 g/mol. The van der Waals surface area contributed by atoms with Gasteiger partial charge in [-0.2, -0.15) is 4.31 Å². The zero-order chi connectivity index (χ0) is 14.6. The molecule has 0 aliphatic heterocycles. The molecule has 0 saturated carbocycles. The first-order valence-electron chi connectivity index (χ1n) is 5.33. The molecule has 19 heavy (non-hydrogen) atoms. The van der Waals surface area contributed by atoms with E-state index >= 15 is 0 Å². The number of hydrogen-bond donors (Lipinski definition) is 0. The van der Waals surface area contributed by atoms with Gasteiger partial charge in [0.25, 0.3) is 0 Å². The van der Waals surface area contributed by atoms with Crippen LogP contribution in [0.3, 0.4) is 0 Å². The van der Waals surface area contributed by atoms with Crippen LogP contribution in [0.5, 0.6) is 0 Å². The maximum absolute atomic E-state index is 13.1. The number of ether oxygens (including phenoxy) is 1. The molecule has 0 spiro atoms. The Kier molecular flexibility index (Phi) is 5.84. The topological polar surface area (TPSA) is 46.6 Å². The summed E-state index contributed by atoms with van der Waals surface area (Å²) in [7, 11) is -0.991. The maximum Gasteiger partial charge on any atom is 0.242 e. The molecule has 108 valence electrons. The van der Waals surface area contributed by atoms with Gasteiger partial charge in [0.2, 0.25) is 10.0 Å². The van der Waals surface area contributed by atoms with Crippen molar-refractivity contribution in [2.75, 3.05) is 27.3 Å². The fourth-order valence-electron chi connectivity index (χ4n) is 1.43. The van der Waals surface area contributed by atoms with Crippen molar-refractivity contribution in [2.24, 2.45) is 0 Å². The molecule has 1 aromatic rings. The number of halogens is 3. The number of hydrogen-bond acceptors (Lipinski definition) is 3. The summed E-state index contributed by atoms with van der Waals surface area (Å²) in [6.45, 7) is 0.479. The van der Waals surface area contributed by atoms with Gasteiger partial charge in [0, 0.05) is 20.7 Å². The van der Waals surface area contributed by atoms with Crippen LogP contribution in [0.25, 0.3) is 0 Å². The van der Waals surface area contributed by atoms with Crippen molar-refractivity contribution in [3.05, 3.63) is 29.8 Å². The molecular formula is C11H14BrF2NO3S. The van der Waals surface area contributed by atoms with Crippen LogP contribution in [-0.2, 0) is 14.8 Å². The molecule has 0 aliphatic carbocycles. The van der Waals surface area contributed by atoms with E-state index in [9.17, 15) is 17.2 Å². The van der Waals surface area contributed by atoms with Crippen molar-refractivity contribution in [3.8, 4) is 0 Å². The number of sulfonamides is 1. The highest BCUT2D eigenvalue weighted by atomic mass is 79.9. The zero-order valence-electron chi connectivity index (χ0n) is 10.4. The molecule has 0 amide bonds. The van der Waals surface area contributed by atoms with Crippen LogP contribution in [0.15, 0.2) is 23.1 Å². The van der Waals surface area contributed by atoms with E-state index in [0.717, 1.165) is 16.4 Å². The molecule has 1 aromatic carbocycles. The monoisotopic (exact) mass is 357 g/mol. The molecule has 4 nitrogen and oxygen atoms in total. The maximum atomic E-state index is 13.1. The summed E-state index contributed by atoms with van der Waals surface area (Å²) in [5, 5.41) is 0. The van der Waals surface area contributed by atoms with Crippen LogP contribution in [0, 0.1) is 11.6 Å². The molecule has 1 rings (SSSR count). The second-order valence-electron chi connectivity index (χ2n) is 3.91. The molecule has 0 aromatic heterocycles.